The molecule has 1 N–H and O–H groups in total. The first-order chi connectivity index (χ1) is 16.0. The van der Waals surface area contributed by atoms with Crippen LogP contribution in [0.1, 0.15) is 57.5 Å². The second kappa shape index (κ2) is 10.4. The average molecular weight is 458 g/mol. The van der Waals surface area contributed by atoms with Crippen LogP contribution >= 0.6 is 0 Å². The summed E-state index contributed by atoms with van der Waals surface area (Å²) >= 11 is 0. The number of methoxy groups -OCH3 is 1. The highest BCUT2D eigenvalue weighted by Gasteiger charge is 2.56. The monoisotopic (exact) mass is 457 g/mol. The summed E-state index contributed by atoms with van der Waals surface area (Å²) in [5.74, 6) is 0.622. The topological polar surface area (TPSA) is 89.2 Å². The molecule has 0 aromatic carbocycles. The maximum Gasteiger partial charge on any atom is 0.233 e. The number of rotatable bonds is 10. The zero-order chi connectivity index (χ0) is 23.5. The normalized spacial score (nSPS) is 27.5. The molecule has 7 heteroatoms. The van der Waals surface area contributed by atoms with E-state index in [9.17, 15) is 14.7 Å². The summed E-state index contributed by atoms with van der Waals surface area (Å²) in [6, 6.07) is 3.65. The third kappa shape index (κ3) is 4.59. The van der Waals surface area contributed by atoms with E-state index >= 15 is 0 Å². The highest BCUT2D eigenvalue weighted by atomic mass is 16.5. The van der Waals surface area contributed by atoms with Crippen molar-refractivity contribution in [3.05, 3.63) is 40.4 Å². The first-order valence-corrected chi connectivity index (χ1v) is 12.1. The average Bonchev–Trinajstić information content (AvgIpc) is 3.51. The van der Waals surface area contributed by atoms with Crippen molar-refractivity contribution in [2.45, 2.75) is 58.7 Å². The Hall–Kier alpha value is -2.22. The molecule has 0 saturated carbocycles. The van der Waals surface area contributed by atoms with Gasteiger partial charge in [0.2, 0.25) is 11.8 Å². The Bertz CT molecular complexity index is 944. The van der Waals surface area contributed by atoms with Crippen LogP contribution < -0.4 is 0 Å². The standard InChI is InChI=1S/C26H35NO6/c1-4-10-27-25(29)20-12-17(14-31-3)23-21(24(20)26(27)30)15-32-22(23)9-6-16(5-2)11-18-7-8-19(13-28)33-18/h7-8,11,20-22,24,28H,4-6,9-10,12-15H2,1-3H3/b16-11+/t20-,21+,22-,24-/m1/s1. The maximum atomic E-state index is 13.2. The number of imide groups is 1. The smallest absolute Gasteiger partial charge is 0.233 e. The zero-order valence-electron chi connectivity index (χ0n) is 19.8. The molecule has 4 rings (SSSR count). The van der Waals surface area contributed by atoms with Crippen molar-refractivity contribution in [1.82, 2.24) is 4.90 Å². The lowest BCUT2D eigenvalue weighted by molar-refractivity contribution is -0.140. The fraction of sp³-hybridized carbons (Fsp3) is 0.615. The molecular weight excluding hydrogens is 422 g/mol. The molecule has 180 valence electrons. The Morgan fingerprint density at radius 2 is 2.06 bits per heavy atom. The van der Waals surface area contributed by atoms with Crippen molar-refractivity contribution < 1.29 is 28.6 Å². The number of allylic oxidation sites excluding steroid dienone is 1. The van der Waals surface area contributed by atoms with Gasteiger partial charge in [-0.25, -0.2) is 0 Å². The summed E-state index contributed by atoms with van der Waals surface area (Å²) in [6.45, 7) is 5.44. The van der Waals surface area contributed by atoms with E-state index in [1.807, 2.05) is 19.1 Å². The van der Waals surface area contributed by atoms with Crippen LogP contribution in [0.15, 0.2) is 33.3 Å². The maximum absolute atomic E-state index is 13.2. The Labute approximate surface area is 195 Å². The van der Waals surface area contributed by atoms with Crippen LogP contribution in [-0.2, 0) is 25.7 Å². The van der Waals surface area contributed by atoms with Crippen molar-refractivity contribution in [1.29, 1.82) is 0 Å². The molecule has 2 fully saturated rings. The minimum Gasteiger partial charge on any atom is -0.459 e. The Morgan fingerprint density at radius 1 is 1.24 bits per heavy atom. The molecule has 4 atom stereocenters. The van der Waals surface area contributed by atoms with Crippen LogP contribution in [0.25, 0.3) is 6.08 Å². The van der Waals surface area contributed by atoms with Crippen molar-refractivity contribution in [2.75, 3.05) is 26.9 Å². The van der Waals surface area contributed by atoms with E-state index in [-0.39, 0.29) is 42.3 Å². The molecule has 2 aliphatic heterocycles. The predicted octanol–water partition coefficient (Wildman–Crippen LogP) is 3.72. The van der Waals surface area contributed by atoms with E-state index in [0.717, 1.165) is 37.0 Å². The van der Waals surface area contributed by atoms with Crippen molar-refractivity contribution >= 4 is 17.9 Å². The van der Waals surface area contributed by atoms with Gasteiger partial charge in [0.05, 0.1) is 31.2 Å². The summed E-state index contributed by atoms with van der Waals surface area (Å²) in [5.41, 5.74) is 3.56. The van der Waals surface area contributed by atoms with Gasteiger partial charge in [0.15, 0.2) is 0 Å². The second-order valence-electron chi connectivity index (χ2n) is 9.24. The van der Waals surface area contributed by atoms with Crippen LogP contribution in [0.3, 0.4) is 0 Å². The number of furan rings is 1. The molecule has 0 bridgehead atoms. The largest absolute Gasteiger partial charge is 0.459 e. The lowest BCUT2D eigenvalue weighted by Crippen LogP contribution is -2.35. The van der Waals surface area contributed by atoms with Crippen LogP contribution in [0.5, 0.6) is 0 Å². The first-order valence-electron chi connectivity index (χ1n) is 12.1. The molecule has 0 spiro atoms. The number of aliphatic hydroxyl groups is 1. The highest BCUT2D eigenvalue weighted by Crippen LogP contribution is 2.49. The molecule has 2 saturated heterocycles. The molecule has 3 heterocycles. The van der Waals surface area contributed by atoms with Crippen molar-refractivity contribution in [3.8, 4) is 0 Å². The summed E-state index contributed by atoms with van der Waals surface area (Å²) < 4.78 is 17.4. The molecule has 33 heavy (non-hydrogen) atoms. The molecule has 7 nitrogen and oxygen atoms in total. The second-order valence-corrected chi connectivity index (χ2v) is 9.24. The number of carbonyl (C=O) groups excluding carboxylic acids is 2. The molecule has 0 radical (unpaired) electrons. The number of likely N-dealkylation sites (tertiary alicyclic amines) is 1. The Balaban J connectivity index is 1.53. The van der Waals surface area contributed by atoms with Gasteiger partial charge in [0.1, 0.15) is 18.1 Å². The van der Waals surface area contributed by atoms with E-state index in [1.54, 1.807) is 13.2 Å². The fourth-order valence-corrected chi connectivity index (χ4v) is 5.71. The Kier molecular flexibility index (Phi) is 7.51. The fourth-order valence-electron chi connectivity index (χ4n) is 5.71. The van der Waals surface area contributed by atoms with E-state index < -0.39 is 0 Å². The molecule has 1 aromatic heterocycles. The molecule has 2 amide bonds. The third-order valence-electron chi connectivity index (χ3n) is 7.23. The van der Waals surface area contributed by atoms with Crippen molar-refractivity contribution in [2.24, 2.45) is 17.8 Å². The summed E-state index contributed by atoms with van der Waals surface area (Å²) in [7, 11) is 1.67. The zero-order valence-corrected chi connectivity index (χ0v) is 19.8. The lowest BCUT2D eigenvalue weighted by Gasteiger charge is -2.31. The van der Waals surface area contributed by atoms with E-state index in [1.165, 1.54) is 16.0 Å². The van der Waals surface area contributed by atoms with Gasteiger partial charge in [0.25, 0.3) is 0 Å². The molecule has 1 aliphatic carbocycles. The number of fused-ring (bicyclic) bond motifs is 3. The van der Waals surface area contributed by atoms with Crippen LogP contribution in [0.2, 0.25) is 0 Å². The number of nitrogens with zero attached hydrogens (tertiary/aromatic N) is 1. The SMILES string of the molecule is CCCN1C(=O)[C@@H]2[C@@H](CC(COC)=C3[C@@H](CC/C(=C/c4ccc(CO)o4)CC)OC[C@@H]32)C1=O. The minimum atomic E-state index is -0.300. The number of aliphatic hydroxyl groups excluding tert-OH is 1. The van der Waals surface area contributed by atoms with E-state index in [2.05, 4.69) is 6.92 Å². The van der Waals surface area contributed by atoms with Gasteiger partial charge in [-0.2, -0.15) is 0 Å². The van der Waals surface area contributed by atoms with Gasteiger partial charge in [-0.05, 0) is 61.5 Å². The third-order valence-corrected chi connectivity index (χ3v) is 7.23. The van der Waals surface area contributed by atoms with Gasteiger partial charge in [-0.1, -0.05) is 19.4 Å². The number of hydrogen-bond donors (Lipinski definition) is 1. The van der Waals surface area contributed by atoms with Crippen molar-refractivity contribution in [3.63, 3.8) is 0 Å². The summed E-state index contributed by atoms with van der Waals surface area (Å²) in [6.07, 6.45) is 5.87. The number of ether oxygens (including phenoxy) is 2. The Morgan fingerprint density at radius 3 is 2.73 bits per heavy atom. The van der Waals surface area contributed by atoms with Gasteiger partial charge >= 0.3 is 0 Å². The first kappa shape index (κ1) is 23.9. The van der Waals surface area contributed by atoms with Gasteiger partial charge in [-0.15, -0.1) is 0 Å². The predicted molar refractivity (Wildman–Crippen MR) is 123 cm³/mol. The highest BCUT2D eigenvalue weighted by molar-refractivity contribution is 6.05. The number of hydrogen-bond acceptors (Lipinski definition) is 6. The number of carbonyl (C=O) groups is 2. The number of amides is 2. The van der Waals surface area contributed by atoms with Crippen LogP contribution in [0.4, 0.5) is 0 Å². The molecule has 0 unspecified atom stereocenters. The van der Waals surface area contributed by atoms with E-state index in [4.69, 9.17) is 13.9 Å². The minimum absolute atomic E-state index is 0.0262. The van der Waals surface area contributed by atoms with Gasteiger partial charge < -0.3 is 19.0 Å². The van der Waals surface area contributed by atoms with Crippen LogP contribution in [-0.4, -0.2) is 54.8 Å². The van der Waals surface area contributed by atoms with E-state index in [0.29, 0.717) is 31.9 Å². The molecule has 1 aromatic rings. The van der Waals surface area contributed by atoms with Gasteiger partial charge in [0, 0.05) is 19.6 Å². The summed E-state index contributed by atoms with van der Waals surface area (Å²) in [4.78, 5) is 27.6. The van der Waals surface area contributed by atoms with Gasteiger partial charge in [-0.3, -0.25) is 14.5 Å². The molecular formula is C26H35NO6. The molecule has 3 aliphatic rings. The quantitative estimate of drug-likeness (QED) is 0.426. The lowest BCUT2D eigenvalue weighted by atomic mass is 9.69. The summed E-state index contributed by atoms with van der Waals surface area (Å²) in [5, 5.41) is 9.22. The van der Waals surface area contributed by atoms with Crippen LogP contribution in [0, 0.1) is 17.8 Å².